The van der Waals surface area contributed by atoms with E-state index in [4.69, 9.17) is 4.74 Å². The van der Waals surface area contributed by atoms with Crippen molar-refractivity contribution in [3.63, 3.8) is 0 Å². The van der Waals surface area contributed by atoms with Crippen LogP contribution >= 0.6 is 9.24 Å². The molecule has 8 heteroatoms. The third kappa shape index (κ3) is 5.56. The molecule has 1 heterocycles. The lowest BCUT2D eigenvalue weighted by Gasteiger charge is -2.17. The zero-order chi connectivity index (χ0) is 24.1. The lowest BCUT2D eigenvalue weighted by atomic mass is 10.0. The smallest absolute Gasteiger partial charge is 0.283 e. The van der Waals surface area contributed by atoms with Gasteiger partial charge in [-0.2, -0.15) is 8.78 Å². The quantitative estimate of drug-likeness (QED) is 0.313. The topological polar surface area (TPSA) is 71.5 Å². The summed E-state index contributed by atoms with van der Waals surface area (Å²) in [5.41, 5.74) is -1.99. The van der Waals surface area contributed by atoms with Gasteiger partial charge in [-0.05, 0) is 72.5 Å². The van der Waals surface area contributed by atoms with Crippen molar-refractivity contribution in [2.24, 2.45) is 0 Å². The summed E-state index contributed by atoms with van der Waals surface area (Å²) in [5.74, 6) is 0.683. The summed E-state index contributed by atoms with van der Waals surface area (Å²) in [6.07, 6.45) is 1.99. The number of fused-ring (bicyclic) bond motifs is 1. The van der Waals surface area contributed by atoms with Crippen molar-refractivity contribution < 1.29 is 23.4 Å². The van der Waals surface area contributed by atoms with E-state index in [9.17, 15) is 18.7 Å². The van der Waals surface area contributed by atoms with Crippen molar-refractivity contribution in [1.82, 2.24) is 10.3 Å². The summed E-state index contributed by atoms with van der Waals surface area (Å²) in [7, 11) is 1.51. The van der Waals surface area contributed by atoms with Gasteiger partial charge in [-0.25, -0.2) is 0 Å². The average molecular weight is 480 g/mol. The second kappa shape index (κ2) is 10.2. The number of halogens is 2. The van der Waals surface area contributed by atoms with Crippen molar-refractivity contribution in [2.45, 2.75) is 18.1 Å². The predicted molar refractivity (Wildman–Crippen MR) is 130 cm³/mol. The Morgan fingerprint density at radius 2 is 1.85 bits per heavy atom. The monoisotopic (exact) mass is 480 g/mol. The molecule has 0 radical (unpaired) electrons. The molecule has 34 heavy (non-hydrogen) atoms. The van der Waals surface area contributed by atoms with E-state index in [1.54, 1.807) is 48.7 Å². The summed E-state index contributed by atoms with van der Waals surface area (Å²) in [6, 6.07) is 21.3. The molecule has 2 atom stereocenters. The van der Waals surface area contributed by atoms with Gasteiger partial charge >= 0.3 is 0 Å². The van der Waals surface area contributed by atoms with Gasteiger partial charge in [-0.1, -0.05) is 27.4 Å². The van der Waals surface area contributed by atoms with Gasteiger partial charge in [0, 0.05) is 29.3 Å². The fourth-order valence-corrected chi connectivity index (χ4v) is 3.80. The van der Waals surface area contributed by atoms with Crippen LogP contribution < -0.4 is 10.1 Å². The molecular weight excluding hydrogens is 457 g/mol. The molecule has 1 amide bonds. The number of rotatable bonds is 8. The molecular formula is C26H23F2N2O3P. The number of carbonyl (C=O) groups excluding carboxylic acids is 1. The summed E-state index contributed by atoms with van der Waals surface area (Å²) in [6.45, 7) is -0.0876. The summed E-state index contributed by atoms with van der Waals surface area (Å²) < 4.78 is 32.8. The maximum Gasteiger partial charge on any atom is 0.283 e. The first kappa shape index (κ1) is 23.7. The number of amides is 1. The Kier molecular flexibility index (Phi) is 7.15. The second-order valence-electron chi connectivity index (χ2n) is 7.73. The Hall–Kier alpha value is -3.41. The van der Waals surface area contributed by atoms with E-state index in [0.29, 0.717) is 29.2 Å². The van der Waals surface area contributed by atoms with Crippen molar-refractivity contribution in [3.05, 3.63) is 102 Å². The average Bonchev–Trinajstić information content (AvgIpc) is 2.84. The number of nitrogens with one attached hydrogen (secondary N) is 1. The predicted octanol–water partition coefficient (Wildman–Crippen LogP) is 5.81. The highest BCUT2D eigenvalue weighted by Gasteiger charge is 2.24. The Balaban J connectivity index is 1.55. The highest BCUT2D eigenvalue weighted by molar-refractivity contribution is 7.17. The van der Waals surface area contributed by atoms with Gasteiger partial charge in [0.1, 0.15) is 11.5 Å². The minimum Gasteiger partial charge on any atom is -0.457 e. The zero-order valence-electron chi connectivity index (χ0n) is 18.1. The molecule has 3 aromatic carbocycles. The van der Waals surface area contributed by atoms with Crippen LogP contribution in [0.3, 0.4) is 0 Å². The van der Waals surface area contributed by atoms with Crippen LogP contribution in [0.2, 0.25) is 0 Å². The number of aromatic nitrogens is 1. The molecule has 1 aromatic heterocycles. The van der Waals surface area contributed by atoms with E-state index >= 15 is 0 Å². The number of ether oxygens (including phenoxy) is 1. The molecule has 0 saturated carbocycles. The lowest BCUT2D eigenvalue weighted by molar-refractivity contribution is 0.0928. The number of nitrogens with zero attached hydrogens (tertiary/aromatic N) is 1. The first-order chi connectivity index (χ1) is 16.3. The van der Waals surface area contributed by atoms with Gasteiger partial charge in [-0.15, -0.1) is 0 Å². The molecule has 4 aromatic rings. The van der Waals surface area contributed by atoms with E-state index in [1.807, 2.05) is 12.1 Å². The normalized spacial score (nSPS) is 12.4. The largest absolute Gasteiger partial charge is 0.457 e. The number of hydrogen-bond acceptors (Lipinski definition) is 4. The standard InChI is InChI=1S/C26H23F2N2O3P/c27-26(28,34)19-8-10-20(11-9-19)33-24-6-3-4-17-16-18(7-12-21(17)24)25(32)30-23(13-15-31)22-5-1-2-14-29-22/h1-12,14,16,23,31H,13,15,34H2,(H,30,32). The molecule has 4 rings (SSSR count). The molecule has 0 fully saturated rings. The van der Waals surface area contributed by atoms with E-state index in [1.165, 1.54) is 33.5 Å². The van der Waals surface area contributed by atoms with Crippen LogP contribution in [-0.4, -0.2) is 22.6 Å². The third-order valence-corrected chi connectivity index (χ3v) is 5.67. The van der Waals surface area contributed by atoms with Crippen LogP contribution in [0, 0.1) is 0 Å². The van der Waals surface area contributed by atoms with Gasteiger partial charge in [0.05, 0.1) is 11.7 Å². The number of aliphatic hydroxyl groups is 1. The molecule has 2 N–H and O–H groups in total. The van der Waals surface area contributed by atoms with Crippen LogP contribution in [0.15, 0.2) is 85.1 Å². The highest BCUT2D eigenvalue weighted by Crippen LogP contribution is 2.36. The van der Waals surface area contributed by atoms with Gasteiger partial charge in [0.15, 0.2) is 0 Å². The molecule has 0 aliphatic heterocycles. The van der Waals surface area contributed by atoms with Crippen LogP contribution in [-0.2, 0) is 5.66 Å². The van der Waals surface area contributed by atoms with Gasteiger partial charge in [0.2, 0.25) is 0 Å². The third-order valence-electron chi connectivity index (χ3n) is 5.34. The maximum absolute atomic E-state index is 13.4. The molecule has 0 bridgehead atoms. The zero-order valence-corrected chi connectivity index (χ0v) is 19.3. The van der Waals surface area contributed by atoms with E-state index in [0.717, 1.165) is 10.8 Å². The fourth-order valence-electron chi connectivity index (χ4n) is 3.60. The second-order valence-corrected chi connectivity index (χ2v) is 8.46. The van der Waals surface area contributed by atoms with Crippen LogP contribution in [0.25, 0.3) is 10.8 Å². The van der Waals surface area contributed by atoms with E-state index in [2.05, 4.69) is 10.3 Å². The molecule has 5 nitrogen and oxygen atoms in total. The number of hydrogen-bond donors (Lipinski definition) is 2. The van der Waals surface area contributed by atoms with E-state index < -0.39 is 11.7 Å². The lowest BCUT2D eigenvalue weighted by Crippen LogP contribution is -2.29. The number of carbonyl (C=O) groups is 1. The van der Waals surface area contributed by atoms with Crippen molar-refractivity contribution in [3.8, 4) is 11.5 Å². The Bertz CT molecular complexity index is 1280. The Morgan fingerprint density at radius 3 is 2.53 bits per heavy atom. The Labute approximate surface area is 198 Å². The SMILES string of the molecule is O=C(NC(CCO)c1ccccn1)c1ccc2c(Oc3ccc(C(F)(F)P)cc3)cccc2c1. The van der Waals surface area contributed by atoms with Crippen molar-refractivity contribution >= 4 is 25.9 Å². The van der Waals surface area contributed by atoms with Crippen molar-refractivity contribution in [2.75, 3.05) is 6.61 Å². The van der Waals surface area contributed by atoms with Crippen molar-refractivity contribution in [1.29, 1.82) is 0 Å². The molecule has 0 saturated heterocycles. The van der Waals surface area contributed by atoms with Crippen LogP contribution in [0.4, 0.5) is 8.78 Å². The summed E-state index contributed by atoms with van der Waals surface area (Å²) in [5, 5.41) is 13.9. The highest BCUT2D eigenvalue weighted by atomic mass is 31.0. The molecule has 0 aliphatic carbocycles. The number of alkyl halides is 2. The Morgan fingerprint density at radius 1 is 1.06 bits per heavy atom. The van der Waals surface area contributed by atoms with Crippen LogP contribution in [0.5, 0.6) is 11.5 Å². The first-order valence-corrected chi connectivity index (χ1v) is 11.2. The number of benzene rings is 3. The fraction of sp³-hybridized carbons (Fsp3) is 0.154. The van der Waals surface area contributed by atoms with Crippen LogP contribution in [0.1, 0.15) is 34.1 Å². The molecule has 174 valence electrons. The first-order valence-electron chi connectivity index (χ1n) is 10.7. The maximum atomic E-state index is 13.4. The summed E-state index contributed by atoms with van der Waals surface area (Å²) >= 11 is 0. The number of aliphatic hydroxyl groups excluding tert-OH is 1. The summed E-state index contributed by atoms with van der Waals surface area (Å²) in [4.78, 5) is 17.2. The molecule has 2 unspecified atom stereocenters. The number of pyridine rings is 1. The van der Waals surface area contributed by atoms with Gasteiger partial charge in [0.25, 0.3) is 11.6 Å². The molecule has 0 aliphatic rings. The van der Waals surface area contributed by atoms with Gasteiger partial charge < -0.3 is 15.2 Å². The van der Waals surface area contributed by atoms with E-state index in [-0.39, 0.29) is 18.1 Å². The minimum absolute atomic E-state index is 0.0876. The minimum atomic E-state index is -3.00. The molecule has 0 spiro atoms. The van der Waals surface area contributed by atoms with Gasteiger partial charge in [-0.3, -0.25) is 9.78 Å².